The van der Waals surface area contributed by atoms with Gasteiger partial charge in [0, 0.05) is 7.05 Å². The lowest BCUT2D eigenvalue weighted by Gasteiger charge is -2.19. The van der Waals surface area contributed by atoms with Crippen LogP contribution in [0.4, 0.5) is 9.93 Å². The number of carbonyl (C=O) groups is 1. The van der Waals surface area contributed by atoms with Crippen molar-refractivity contribution >= 4 is 34.3 Å². The second kappa shape index (κ2) is 7.04. The van der Waals surface area contributed by atoms with E-state index in [4.69, 9.17) is 9.47 Å². The average molecular weight is 304 g/mol. The molecule has 0 radical (unpaired) electrons. The summed E-state index contributed by atoms with van der Waals surface area (Å²) in [6.07, 6.45) is -0.337. The van der Waals surface area contributed by atoms with Gasteiger partial charge in [-0.3, -0.25) is 5.32 Å². The predicted octanol–water partition coefficient (Wildman–Crippen LogP) is 1.49. The molecule has 7 nitrogen and oxygen atoms in total. The Morgan fingerprint density at radius 3 is 2.95 bits per heavy atom. The molecule has 1 fully saturated rings. The predicted molar refractivity (Wildman–Crippen MR) is 73.6 cm³/mol. The van der Waals surface area contributed by atoms with Gasteiger partial charge in [-0.25, -0.2) is 4.79 Å². The topological polar surface area (TPSA) is 76.6 Å². The third-order valence-electron chi connectivity index (χ3n) is 2.35. The van der Waals surface area contributed by atoms with Gasteiger partial charge in [-0.2, -0.15) is 0 Å². The standard InChI is InChI=1S/C10H16N4O3S2/c1-3-18-10-13-12-8(19-10)11-9(15)14(2)6-7-16-4-5-17-7/h7H,3-6H2,1-2H3,(H,11,12,15). The first-order valence-corrected chi connectivity index (χ1v) is 7.71. The van der Waals surface area contributed by atoms with Gasteiger partial charge in [-0.1, -0.05) is 30.0 Å². The van der Waals surface area contributed by atoms with E-state index in [2.05, 4.69) is 15.5 Å². The van der Waals surface area contributed by atoms with E-state index in [9.17, 15) is 4.79 Å². The first-order valence-electron chi connectivity index (χ1n) is 5.90. The molecule has 2 amide bonds. The number of ether oxygens (including phenoxy) is 2. The van der Waals surface area contributed by atoms with Crippen LogP contribution in [-0.2, 0) is 9.47 Å². The Morgan fingerprint density at radius 2 is 2.26 bits per heavy atom. The number of likely N-dealkylation sites (N-methyl/N-ethyl adjacent to an activating group) is 1. The summed E-state index contributed by atoms with van der Waals surface area (Å²) in [6.45, 7) is 3.59. The molecule has 0 saturated carbocycles. The number of thioether (sulfide) groups is 1. The van der Waals surface area contributed by atoms with Gasteiger partial charge in [-0.15, -0.1) is 10.2 Å². The van der Waals surface area contributed by atoms with Crippen molar-refractivity contribution in [3.8, 4) is 0 Å². The van der Waals surface area contributed by atoms with Gasteiger partial charge in [0.1, 0.15) is 0 Å². The van der Waals surface area contributed by atoms with Crippen LogP contribution in [0.15, 0.2) is 4.34 Å². The number of nitrogens with one attached hydrogen (secondary N) is 1. The van der Waals surface area contributed by atoms with Crippen LogP contribution < -0.4 is 5.32 Å². The summed E-state index contributed by atoms with van der Waals surface area (Å²) in [5, 5.41) is 11.1. The number of carbonyl (C=O) groups excluding carboxylic acids is 1. The number of rotatable bonds is 5. The Balaban J connectivity index is 1.81. The fourth-order valence-electron chi connectivity index (χ4n) is 1.45. The molecule has 0 aromatic carbocycles. The Hall–Kier alpha value is -0.900. The highest BCUT2D eigenvalue weighted by atomic mass is 32.2. The van der Waals surface area contributed by atoms with Crippen LogP contribution in [0, 0.1) is 0 Å². The van der Waals surface area contributed by atoms with E-state index in [1.807, 2.05) is 6.92 Å². The largest absolute Gasteiger partial charge is 0.348 e. The Morgan fingerprint density at radius 1 is 1.53 bits per heavy atom. The molecule has 106 valence electrons. The smallest absolute Gasteiger partial charge is 0.323 e. The molecule has 0 unspecified atom stereocenters. The second-order valence-electron chi connectivity index (χ2n) is 3.79. The van der Waals surface area contributed by atoms with Crippen LogP contribution in [-0.4, -0.2) is 60.0 Å². The Labute approximate surface area is 119 Å². The summed E-state index contributed by atoms with van der Waals surface area (Å²) < 4.78 is 11.4. The molecule has 1 aliphatic rings. The normalized spacial score (nSPS) is 15.7. The van der Waals surface area contributed by atoms with Crippen molar-refractivity contribution < 1.29 is 14.3 Å². The number of nitrogens with zero attached hydrogens (tertiary/aromatic N) is 3. The maximum absolute atomic E-state index is 11.9. The molecule has 0 spiro atoms. The Bertz CT molecular complexity index is 423. The zero-order valence-electron chi connectivity index (χ0n) is 10.8. The van der Waals surface area contributed by atoms with Gasteiger partial charge in [-0.05, 0) is 5.75 Å². The number of aromatic nitrogens is 2. The van der Waals surface area contributed by atoms with Crippen molar-refractivity contribution in [2.24, 2.45) is 0 Å². The summed E-state index contributed by atoms with van der Waals surface area (Å²) in [4.78, 5) is 13.4. The number of anilines is 1. The first kappa shape index (κ1) is 14.5. The molecule has 2 heterocycles. The van der Waals surface area contributed by atoms with Gasteiger partial charge in [0.15, 0.2) is 10.6 Å². The lowest BCUT2D eigenvalue weighted by molar-refractivity contribution is -0.0518. The van der Waals surface area contributed by atoms with Crippen molar-refractivity contribution in [3.05, 3.63) is 0 Å². The molecule has 19 heavy (non-hydrogen) atoms. The Kier molecular flexibility index (Phi) is 5.37. The van der Waals surface area contributed by atoms with Gasteiger partial charge in [0.25, 0.3) is 0 Å². The molecular formula is C10H16N4O3S2. The van der Waals surface area contributed by atoms with E-state index in [-0.39, 0.29) is 12.3 Å². The van der Waals surface area contributed by atoms with E-state index in [1.165, 1.54) is 16.2 Å². The number of urea groups is 1. The van der Waals surface area contributed by atoms with Gasteiger partial charge in [0.05, 0.1) is 19.8 Å². The van der Waals surface area contributed by atoms with Crippen LogP contribution in [0.25, 0.3) is 0 Å². The molecule has 1 saturated heterocycles. The van der Waals surface area contributed by atoms with Crippen LogP contribution in [0.1, 0.15) is 6.92 Å². The van der Waals surface area contributed by atoms with Crippen LogP contribution in [0.3, 0.4) is 0 Å². The summed E-state index contributed by atoms with van der Waals surface area (Å²) >= 11 is 2.96. The third kappa shape index (κ3) is 4.30. The molecule has 1 aromatic rings. The minimum atomic E-state index is -0.337. The van der Waals surface area contributed by atoms with Crippen LogP contribution in [0.5, 0.6) is 0 Å². The van der Waals surface area contributed by atoms with E-state index < -0.39 is 0 Å². The molecule has 2 rings (SSSR count). The van der Waals surface area contributed by atoms with Crippen molar-refractivity contribution in [1.82, 2.24) is 15.1 Å². The summed E-state index contributed by atoms with van der Waals surface area (Å²) in [6, 6.07) is -0.247. The van der Waals surface area contributed by atoms with Crippen molar-refractivity contribution in [1.29, 1.82) is 0 Å². The lowest BCUT2D eigenvalue weighted by atomic mass is 10.5. The summed E-state index contributed by atoms with van der Waals surface area (Å²) in [5.41, 5.74) is 0. The average Bonchev–Trinajstić information content (AvgIpc) is 3.02. The van der Waals surface area contributed by atoms with Crippen molar-refractivity contribution in [3.63, 3.8) is 0 Å². The quantitative estimate of drug-likeness (QED) is 0.656. The molecule has 0 bridgehead atoms. The van der Waals surface area contributed by atoms with E-state index in [1.54, 1.807) is 18.8 Å². The van der Waals surface area contributed by atoms with Crippen LogP contribution in [0.2, 0.25) is 0 Å². The second-order valence-corrected chi connectivity index (χ2v) is 6.28. The highest BCUT2D eigenvalue weighted by Gasteiger charge is 2.21. The van der Waals surface area contributed by atoms with Gasteiger partial charge >= 0.3 is 6.03 Å². The fraction of sp³-hybridized carbons (Fsp3) is 0.700. The summed E-state index contributed by atoms with van der Waals surface area (Å²) in [7, 11) is 1.68. The zero-order chi connectivity index (χ0) is 13.7. The van der Waals surface area contributed by atoms with Crippen molar-refractivity contribution in [2.75, 3.05) is 37.9 Å². The minimum absolute atomic E-state index is 0.247. The first-order chi connectivity index (χ1) is 9.19. The van der Waals surface area contributed by atoms with Gasteiger partial charge in [0.2, 0.25) is 5.13 Å². The highest BCUT2D eigenvalue weighted by molar-refractivity contribution is 8.01. The molecular weight excluding hydrogens is 288 g/mol. The fourth-order valence-corrected chi connectivity index (χ4v) is 3.09. The number of hydrogen-bond acceptors (Lipinski definition) is 7. The monoisotopic (exact) mass is 304 g/mol. The molecule has 9 heteroatoms. The lowest BCUT2D eigenvalue weighted by Crippen LogP contribution is -2.37. The third-order valence-corrected chi connectivity index (χ3v) is 4.20. The van der Waals surface area contributed by atoms with Gasteiger partial charge < -0.3 is 14.4 Å². The van der Waals surface area contributed by atoms with E-state index in [0.29, 0.717) is 24.9 Å². The van der Waals surface area contributed by atoms with E-state index >= 15 is 0 Å². The highest BCUT2D eigenvalue weighted by Crippen LogP contribution is 2.25. The SMILES string of the molecule is CCSc1nnc(NC(=O)N(C)CC2OCCO2)s1. The van der Waals surface area contributed by atoms with Crippen LogP contribution >= 0.6 is 23.1 Å². The molecule has 1 N–H and O–H groups in total. The zero-order valence-corrected chi connectivity index (χ0v) is 12.4. The van der Waals surface area contributed by atoms with Crippen molar-refractivity contribution in [2.45, 2.75) is 17.6 Å². The number of amides is 2. The molecule has 1 aliphatic heterocycles. The minimum Gasteiger partial charge on any atom is -0.348 e. The molecule has 0 aliphatic carbocycles. The molecule has 1 aromatic heterocycles. The molecule has 0 atom stereocenters. The maximum Gasteiger partial charge on any atom is 0.323 e. The van der Waals surface area contributed by atoms with E-state index in [0.717, 1.165) is 10.1 Å². The number of hydrogen-bond donors (Lipinski definition) is 1. The maximum atomic E-state index is 11.9. The summed E-state index contributed by atoms with van der Waals surface area (Å²) in [5.74, 6) is 0.929.